The highest BCUT2D eigenvalue weighted by molar-refractivity contribution is 7.92. The molecule has 3 rings (SSSR count). The Morgan fingerprint density at radius 3 is 2.47 bits per heavy atom. The Morgan fingerprint density at radius 2 is 1.87 bits per heavy atom. The lowest BCUT2D eigenvalue weighted by molar-refractivity contribution is 0.184. The van der Waals surface area contributed by atoms with Crippen LogP contribution in [0.5, 0.6) is 0 Å². The molecule has 1 heterocycles. The van der Waals surface area contributed by atoms with Gasteiger partial charge in [0.15, 0.2) is 10.7 Å². The SMILES string of the molecule is COCc1ccc(F)c([C@H](N)Nc2cc(F)c(S(=O)(=O)Nc3cscn3)c(F)c2)c1. The number of hydrogen-bond donors (Lipinski definition) is 3. The van der Waals surface area contributed by atoms with Crippen LogP contribution in [0.2, 0.25) is 0 Å². The Labute approximate surface area is 174 Å². The zero-order chi connectivity index (χ0) is 21.9. The van der Waals surface area contributed by atoms with Crippen molar-refractivity contribution < 1.29 is 26.3 Å². The zero-order valence-corrected chi connectivity index (χ0v) is 17.2. The van der Waals surface area contributed by atoms with E-state index < -0.39 is 38.5 Å². The van der Waals surface area contributed by atoms with Gasteiger partial charge in [-0.3, -0.25) is 4.72 Å². The number of methoxy groups -OCH3 is 1. The molecule has 0 aliphatic rings. The van der Waals surface area contributed by atoms with Gasteiger partial charge < -0.3 is 15.8 Å². The summed E-state index contributed by atoms with van der Waals surface area (Å²) in [5, 5.41) is 3.93. The minimum atomic E-state index is -4.55. The lowest BCUT2D eigenvalue weighted by atomic mass is 10.1. The molecular formula is C18H17F3N4O3S2. The van der Waals surface area contributed by atoms with Crippen molar-refractivity contribution in [3.63, 3.8) is 0 Å². The molecule has 160 valence electrons. The second kappa shape index (κ2) is 9.00. The largest absolute Gasteiger partial charge is 0.380 e. The van der Waals surface area contributed by atoms with Gasteiger partial charge in [-0.15, -0.1) is 11.3 Å². The number of hydrogen-bond acceptors (Lipinski definition) is 7. The fraction of sp³-hybridized carbons (Fsp3) is 0.167. The molecule has 3 aromatic rings. The van der Waals surface area contributed by atoms with E-state index in [1.54, 1.807) is 0 Å². The zero-order valence-electron chi connectivity index (χ0n) is 15.5. The van der Waals surface area contributed by atoms with Crippen molar-refractivity contribution in [1.82, 2.24) is 4.98 Å². The topological polar surface area (TPSA) is 106 Å². The van der Waals surface area contributed by atoms with Crippen molar-refractivity contribution in [1.29, 1.82) is 0 Å². The molecule has 0 aliphatic heterocycles. The maximum absolute atomic E-state index is 14.5. The quantitative estimate of drug-likeness (QED) is 0.446. The molecule has 7 nitrogen and oxygen atoms in total. The Kier molecular flexibility index (Phi) is 6.61. The van der Waals surface area contributed by atoms with Gasteiger partial charge in [0.1, 0.15) is 23.6 Å². The minimum absolute atomic E-state index is 0.0484. The first-order valence-electron chi connectivity index (χ1n) is 8.40. The van der Waals surface area contributed by atoms with Crippen LogP contribution in [0.3, 0.4) is 0 Å². The van der Waals surface area contributed by atoms with Crippen molar-refractivity contribution in [2.24, 2.45) is 5.73 Å². The van der Waals surface area contributed by atoms with Crippen LogP contribution in [0.25, 0.3) is 0 Å². The number of sulfonamides is 1. The van der Waals surface area contributed by atoms with E-state index in [4.69, 9.17) is 10.5 Å². The van der Waals surface area contributed by atoms with Crippen LogP contribution in [-0.4, -0.2) is 20.5 Å². The normalized spacial score (nSPS) is 12.6. The number of nitrogens with zero attached hydrogens (tertiary/aromatic N) is 1. The Hall–Kier alpha value is -2.67. The fourth-order valence-electron chi connectivity index (χ4n) is 2.70. The van der Waals surface area contributed by atoms with Crippen LogP contribution in [0, 0.1) is 17.5 Å². The third-order valence-corrected chi connectivity index (χ3v) is 5.96. The van der Waals surface area contributed by atoms with Crippen molar-refractivity contribution in [3.05, 3.63) is 69.8 Å². The van der Waals surface area contributed by atoms with Crippen LogP contribution in [0.1, 0.15) is 17.3 Å². The minimum Gasteiger partial charge on any atom is -0.380 e. The van der Waals surface area contributed by atoms with Crippen LogP contribution in [0.4, 0.5) is 24.7 Å². The number of nitrogens with one attached hydrogen (secondary N) is 2. The molecule has 0 saturated heterocycles. The molecule has 0 spiro atoms. The summed E-state index contributed by atoms with van der Waals surface area (Å²) in [6.07, 6.45) is -1.16. The van der Waals surface area contributed by atoms with Crippen LogP contribution in [-0.2, 0) is 21.4 Å². The van der Waals surface area contributed by atoms with Crippen LogP contribution < -0.4 is 15.8 Å². The summed E-state index contributed by atoms with van der Waals surface area (Å²) in [5.74, 6) is -3.38. The molecule has 12 heteroatoms. The van der Waals surface area contributed by atoms with Gasteiger partial charge in [0.05, 0.1) is 12.1 Å². The van der Waals surface area contributed by atoms with E-state index in [-0.39, 0.29) is 23.7 Å². The summed E-state index contributed by atoms with van der Waals surface area (Å²) < 4.78 is 74.7. The average molecular weight is 458 g/mol. The molecule has 1 aromatic heterocycles. The van der Waals surface area contributed by atoms with Crippen molar-refractivity contribution in [2.75, 3.05) is 17.1 Å². The standard InChI is InChI=1S/C18H17F3N4O3S2/c1-28-7-10-2-3-13(19)12(4-10)18(22)24-11-5-14(20)17(15(21)6-11)30(26,27)25-16-8-29-9-23-16/h2-6,8-9,18,24-25H,7,22H2,1H3/t18-/m1/s1. The summed E-state index contributed by atoms with van der Waals surface area (Å²) in [5.41, 5.74) is 7.83. The van der Waals surface area contributed by atoms with Crippen LogP contribution >= 0.6 is 11.3 Å². The lowest BCUT2D eigenvalue weighted by Crippen LogP contribution is -2.22. The predicted octanol–water partition coefficient (Wildman–Crippen LogP) is 3.58. The number of aromatic nitrogens is 1. The monoisotopic (exact) mass is 458 g/mol. The Morgan fingerprint density at radius 1 is 1.17 bits per heavy atom. The van der Waals surface area contributed by atoms with Gasteiger partial charge in [0.2, 0.25) is 0 Å². The molecule has 0 amide bonds. The number of ether oxygens (including phenoxy) is 1. The summed E-state index contributed by atoms with van der Waals surface area (Å²) in [7, 11) is -3.07. The highest BCUT2D eigenvalue weighted by Crippen LogP contribution is 2.27. The van der Waals surface area contributed by atoms with E-state index in [2.05, 4.69) is 10.3 Å². The number of nitrogens with two attached hydrogens (primary N) is 1. The second-order valence-electron chi connectivity index (χ2n) is 6.16. The first-order chi connectivity index (χ1) is 14.2. The third kappa shape index (κ3) is 4.90. The van der Waals surface area contributed by atoms with E-state index in [0.717, 1.165) is 23.5 Å². The molecular weight excluding hydrogens is 441 g/mol. The molecule has 2 aromatic carbocycles. The third-order valence-electron chi connectivity index (χ3n) is 3.97. The predicted molar refractivity (Wildman–Crippen MR) is 107 cm³/mol. The molecule has 4 N–H and O–H groups in total. The summed E-state index contributed by atoms with van der Waals surface area (Å²) in [4.78, 5) is 2.55. The maximum atomic E-state index is 14.5. The van der Waals surface area contributed by atoms with Gasteiger partial charge >= 0.3 is 0 Å². The highest BCUT2D eigenvalue weighted by Gasteiger charge is 2.26. The second-order valence-corrected chi connectivity index (χ2v) is 8.50. The summed E-state index contributed by atoms with van der Waals surface area (Å²) >= 11 is 1.11. The Balaban J connectivity index is 1.86. The highest BCUT2D eigenvalue weighted by atomic mass is 32.2. The molecule has 0 saturated carbocycles. The van der Waals surface area contributed by atoms with E-state index in [1.807, 2.05) is 4.72 Å². The number of halogens is 3. The first kappa shape index (κ1) is 22.0. The Bertz CT molecular complexity index is 1120. The number of benzene rings is 2. The van der Waals surface area contributed by atoms with Gasteiger partial charge in [0, 0.05) is 23.7 Å². The molecule has 0 fully saturated rings. The van der Waals surface area contributed by atoms with Gasteiger partial charge in [-0.2, -0.15) is 0 Å². The summed E-state index contributed by atoms with van der Waals surface area (Å²) in [6.45, 7) is 0.224. The van der Waals surface area contributed by atoms with Gasteiger partial charge in [-0.05, 0) is 29.8 Å². The molecule has 30 heavy (non-hydrogen) atoms. The van der Waals surface area contributed by atoms with E-state index >= 15 is 0 Å². The van der Waals surface area contributed by atoms with Gasteiger partial charge in [-0.25, -0.2) is 26.6 Å². The van der Waals surface area contributed by atoms with Gasteiger partial charge in [0.25, 0.3) is 10.0 Å². The molecule has 0 radical (unpaired) electrons. The van der Waals surface area contributed by atoms with Crippen LogP contribution in [0.15, 0.2) is 46.1 Å². The fourth-order valence-corrected chi connectivity index (χ4v) is 4.38. The molecule has 1 atom stereocenters. The maximum Gasteiger partial charge on any atom is 0.268 e. The first-order valence-corrected chi connectivity index (χ1v) is 10.8. The van der Waals surface area contributed by atoms with E-state index in [9.17, 15) is 21.6 Å². The average Bonchev–Trinajstić information content (AvgIpc) is 3.14. The van der Waals surface area contributed by atoms with E-state index in [1.165, 1.54) is 36.2 Å². The lowest BCUT2D eigenvalue weighted by Gasteiger charge is -2.18. The molecule has 0 bridgehead atoms. The summed E-state index contributed by atoms with van der Waals surface area (Å²) in [6, 6.07) is 5.69. The van der Waals surface area contributed by atoms with Crippen molar-refractivity contribution in [2.45, 2.75) is 17.7 Å². The number of rotatable bonds is 8. The smallest absolute Gasteiger partial charge is 0.268 e. The number of thiazole rings is 1. The molecule has 0 unspecified atom stereocenters. The van der Waals surface area contributed by atoms with Crippen molar-refractivity contribution in [3.8, 4) is 0 Å². The van der Waals surface area contributed by atoms with Gasteiger partial charge in [-0.1, -0.05) is 6.07 Å². The number of anilines is 2. The van der Waals surface area contributed by atoms with Crippen molar-refractivity contribution >= 4 is 32.9 Å². The van der Waals surface area contributed by atoms with E-state index in [0.29, 0.717) is 5.56 Å². The molecule has 0 aliphatic carbocycles.